The number of amides is 1. The first-order chi connectivity index (χ1) is 11.7. The Balaban J connectivity index is 1.77. The second-order valence-corrected chi connectivity index (χ2v) is 5.40. The van der Waals surface area contributed by atoms with Gasteiger partial charge in [0, 0.05) is 19.2 Å². The summed E-state index contributed by atoms with van der Waals surface area (Å²) in [5, 5.41) is 4.09. The first-order valence-corrected chi connectivity index (χ1v) is 7.51. The zero-order valence-electron chi connectivity index (χ0n) is 13.6. The number of methoxy groups -OCH3 is 1. The largest absolute Gasteiger partial charge is 0.497 e. The van der Waals surface area contributed by atoms with E-state index in [4.69, 9.17) is 4.74 Å². The second-order valence-electron chi connectivity index (χ2n) is 5.40. The zero-order chi connectivity index (χ0) is 16.9. The number of rotatable bonds is 5. The fraction of sp³-hybridized carbons (Fsp3) is 0.167. The molecule has 3 aromatic rings. The van der Waals surface area contributed by atoms with Crippen LogP contribution >= 0.6 is 0 Å². The van der Waals surface area contributed by atoms with Gasteiger partial charge in [-0.1, -0.05) is 18.2 Å². The minimum atomic E-state index is -0.0558. The number of nitrogens with zero attached hydrogens (tertiary/aromatic N) is 4. The lowest BCUT2D eigenvalue weighted by molar-refractivity contribution is 0.0785. The molecule has 1 heterocycles. The molecular formula is C18H18N4O2. The van der Waals surface area contributed by atoms with Crippen molar-refractivity contribution in [2.45, 2.75) is 6.54 Å². The van der Waals surface area contributed by atoms with E-state index in [0.29, 0.717) is 12.1 Å². The van der Waals surface area contributed by atoms with Crippen LogP contribution in [0.15, 0.2) is 61.2 Å². The minimum Gasteiger partial charge on any atom is -0.497 e. The number of aromatic nitrogens is 3. The van der Waals surface area contributed by atoms with Crippen molar-refractivity contribution < 1.29 is 9.53 Å². The topological polar surface area (TPSA) is 60.2 Å². The first kappa shape index (κ1) is 15.7. The maximum Gasteiger partial charge on any atom is 0.253 e. The average Bonchev–Trinajstić information content (AvgIpc) is 3.16. The molecule has 0 aliphatic rings. The van der Waals surface area contributed by atoms with Crippen molar-refractivity contribution in [3.63, 3.8) is 0 Å². The van der Waals surface area contributed by atoms with Crippen LogP contribution in [0.3, 0.4) is 0 Å². The molecule has 0 fully saturated rings. The molecular weight excluding hydrogens is 304 g/mol. The van der Waals surface area contributed by atoms with Crippen LogP contribution < -0.4 is 4.74 Å². The summed E-state index contributed by atoms with van der Waals surface area (Å²) in [4.78, 5) is 18.3. The van der Waals surface area contributed by atoms with E-state index in [1.54, 1.807) is 42.2 Å². The molecule has 0 saturated carbocycles. The van der Waals surface area contributed by atoms with Gasteiger partial charge in [-0.2, -0.15) is 5.10 Å². The van der Waals surface area contributed by atoms with Crippen molar-refractivity contribution in [3.8, 4) is 11.4 Å². The van der Waals surface area contributed by atoms with Gasteiger partial charge in [-0.25, -0.2) is 9.67 Å². The molecule has 0 N–H and O–H groups in total. The van der Waals surface area contributed by atoms with Crippen LogP contribution in [0, 0.1) is 0 Å². The molecule has 24 heavy (non-hydrogen) atoms. The Bertz CT molecular complexity index is 831. The predicted octanol–water partition coefficient (Wildman–Crippen LogP) is 2.55. The Morgan fingerprint density at radius 3 is 2.79 bits per heavy atom. The van der Waals surface area contributed by atoms with Crippen LogP contribution in [0.5, 0.6) is 5.75 Å². The normalized spacial score (nSPS) is 10.4. The summed E-state index contributed by atoms with van der Waals surface area (Å²) >= 11 is 0. The highest BCUT2D eigenvalue weighted by Crippen LogP contribution is 2.16. The fourth-order valence-corrected chi connectivity index (χ4v) is 2.46. The molecule has 0 bridgehead atoms. The van der Waals surface area contributed by atoms with E-state index in [1.807, 2.05) is 36.4 Å². The molecule has 0 spiro atoms. The van der Waals surface area contributed by atoms with Gasteiger partial charge < -0.3 is 9.64 Å². The fourth-order valence-electron chi connectivity index (χ4n) is 2.46. The van der Waals surface area contributed by atoms with Crippen LogP contribution in [0.1, 0.15) is 15.9 Å². The van der Waals surface area contributed by atoms with E-state index < -0.39 is 0 Å². The van der Waals surface area contributed by atoms with Gasteiger partial charge in [-0.15, -0.1) is 0 Å². The van der Waals surface area contributed by atoms with Crippen LogP contribution in [-0.4, -0.2) is 39.7 Å². The van der Waals surface area contributed by atoms with Gasteiger partial charge in [-0.05, 0) is 35.9 Å². The van der Waals surface area contributed by atoms with E-state index in [9.17, 15) is 4.79 Å². The molecule has 0 atom stereocenters. The summed E-state index contributed by atoms with van der Waals surface area (Å²) in [5.41, 5.74) is 2.42. The summed E-state index contributed by atoms with van der Waals surface area (Å²) in [7, 11) is 3.41. The Morgan fingerprint density at radius 2 is 2.04 bits per heavy atom. The maximum absolute atomic E-state index is 12.7. The third-order valence-corrected chi connectivity index (χ3v) is 3.68. The SMILES string of the molecule is COc1cccc(CN(C)C(=O)c2cccc(-n3cncn3)c2)c1. The zero-order valence-corrected chi connectivity index (χ0v) is 13.6. The third-order valence-electron chi connectivity index (χ3n) is 3.68. The van der Waals surface area contributed by atoms with Crippen molar-refractivity contribution in [3.05, 3.63) is 72.3 Å². The van der Waals surface area contributed by atoms with Crippen molar-refractivity contribution in [2.24, 2.45) is 0 Å². The molecule has 0 unspecified atom stereocenters. The number of benzene rings is 2. The lowest BCUT2D eigenvalue weighted by atomic mass is 10.1. The van der Waals surface area contributed by atoms with Crippen LogP contribution in [0.2, 0.25) is 0 Å². The second kappa shape index (κ2) is 6.95. The van der Waals surface area contributed by atoms with Gasteiger partial charge in [0.15, 0.2) is 0 Å². The Kier molecular flexibility index (Phi) is 4.56. The van der Waals surface area contributed by atoms with E-state index >= 15 is 0 Å². The molecule has 1 amide bonds. The Labute approximate surface area is 140 Å². The van der Waals surface area contributed by atoms with Gasteiger partial charge in [0.25, 0.3) is 5.91 Å². The van der Waals surface area contributed by atoms with Crippen molar-refractivity contribution in [1.29, 1.82) is 0 Å². The maximum atomic E-state index is 12.7. The van der Waals surface area contributed by atoms with Crippen LogP contribution in [0.4, 0.5) is 0 Å². The summed E-state index contributed by atoms with van der Waals surface area (Å²) < 4.78 is 6.84. The van der Waals surface area contributed by atoms with Crippen LogP contribution in [-0.2, 0) is 6.54 Å². The number of carbonyl (C=O) groups is 1. The number of hydrogen-bond acceptors (Lipinski definition) is 4. The molecule has 122 valence electrons. The van der Waals surface area contributed by atoms with Gasteiger partial charge in [0.2, 0.25) is 0 Å². The van der Waals surface area contributed by atoms with E-state index in [-0.39, 0.29) is 5.91 Å². The lowest BCUT2D eigenvalue weighted by Crippen LogP contribution is -2.26. The van der Waals surface area contributed by atoms with Gasteiger partial charge in [-0.3, -0.25) is 4.79 Å². The van der Waals surface area contributed by atoms with E-state index in [2.05, 4.69) is 10.1 Å². The third kappa shape index (κ3) is 3.43. The molecule has 0 aliphatic carbocycles. The number of ether oxygens (including phenoxy) is 1. The Hall–Kier alpha value is -3.15. The summed E-state index contributed by atoms with van der Waals surface area (Å²) in [5.74, 6) is 0.723. The summed E-state index contributed by atoms with van der Waals surface area (Å²) in [6, 6.07) is 15.0. The molecule has 2 aromatic carbocycles. The predicted molar refractivity (Wildman–Crippen MR) is 90.2 cm³/mol. The highest BCUT2D eigenvalue weighted by Gasteiger charge is 2.13. The molecule has 0 radical (unpaired) electrons. The lowest BCUT2D eigenvalue weighted by Gasteiger charge is -2.18. The summed E-state index contributed by atoms with van der Waals surface area (Å²) in [6.45, 7) is 0.504. The molecule has 0 saturated heterocycles. The minimum absolute atomic E-state index is 0.0558. The molecule has 3 rings (SSSR count). The smallest absolute Gasteiger partial charge is 0.253 e. The van der Waals surface area contributed by atoms with Crippen molar-refractivity contribution >= 4 is 5.91 Å². The molecule has 0 aliphatic heterocycles. The van der Waals surface area contributed by atoms with Crippen molar-refractivity contribution in [1.82, 2.24) is 19.7 Å². The molecule has 6 heteroatoms. The van der Waals surface area contributed by atoms with Gasteiger partial charge in [0.05, 0.1) is 12.8 Å². The number of hydrogen-bond donors (Lipinski definition) is 0. The number of carbonyl (C=O) groups excluding carboxylic acids is 1. The monoisotopic (exact) mass is 322 g/mol. The highest BCUT2D eigenvalue weighted by atomic mass is 16.5. The van der Waals surface area contributed by atoms with Crippen LogP contribution in [0.25, 0.3) is 5.69 Å². The molecule has 6 nitrogen and oxygen atoms in total. The average molecular weight is 322 g/mol. The van der Waals surface area contributed by atoms with E-state index in [1.165, 1.54) is 6.33 Å². The van der Waals surface area contributed by atoms with E-state index in [0.717, 1.165) is 17.0 Å². The van der Waals surface area contributed by atoms with Gasteiger partial charge >= 0.3 is 0 Å². The quantitative estimate of drug-likeness (QED) is 0.724. The Morgan fingerprint density at radius 1 is 1.21 bits per heavy atom. The highest BCUT2D eigenvalue weighted by molar-refractivity contribution is 5.94. The standard InChI is InChI=1S/C18H18N4O2/c1-21(11-14-5-3-8-17(9-14)24-2)18(23)15-6-4-7-16(10-15)22-13-19-12-20-22/h3-10,12-13H,11H2,1-2H3. The van der Waals surface area contributed by atoms with Crippen molar-refractivity contribution in [2.75, 3.05) is 14.2 Å². The summed E-state index contributed by atoms with van der Waals surface area (Å²) in [6.07, 6.45) is 3.06. The molecule has 1 aromatic heterocycles. The first-order valence-electron chi connectivity index (χ1n) is 7.51. The van der Waals surface area contributed by atoms with Gasteiger partial charge in [0.1, 0.15) is 18.4 Å².